The zero-order valence-electron chi connectivity index (χ0n) is 11.2. The molecule has 0 spiro atoms. The minimum atomic E-state index is -0.169. The number of carbonyl (C=O) groups is 1. The first-order chi connectivity index (χ1) is 10.7. The van der Waals surface area contributed by atoms with E-state index in [1.807, 2.05) is 36.4 Å². The second-order valence-electron chi connectivity index (χ2n) is 4.28. The van der Waals surface area contributed by atoms with E-state index in [4.69, 9.17) is 0 Å². The van der Waals surface area contributed by atoms with Crippen LogP contribution in [0.15, 0.2) is 50.4 Å². The summed E-state index contributed by atoms with van der Waals surface area (Å²) in [6.07, 6.45) is 1.62. The van der Waals surface area contributed by atoms with Crippen molar-refractivity contribution in [3.63, 3.8) is 0 Å². The van der Waals surface area contributed by atoms with Gasteiger partial charge in [-0.25, -0.2) is 10.4 Å². The van der Waals surface area contributed by atoms with Gasteiger partial charge < -0.3 is 4.98 Å². The highest BCUT2D eigenvalue weighted by atomic mass is 79.9. The molecule has 0 saturated heterocycles. The van der Waals surface area contributed by atoms with E-state index in [-0.39, 0.29) is 11.7 Å². The second kappa shape index (κ2) is 7.08. The lowest BCUT2D eigenvalue weighted by Gasteiger charge is -1.97. The molecule has 112 valence electrons. The van der Waals surface area contributed by atoms with Crippen LogP contribution in [0.25, 0.3) is 11.0 Å². The molecule has 0 aliphatic carbocycles. The fraction of sp³-hybridized carbons (Fsp3) is 0.0714. The number of aromatic amines is 1. The van der Waals surface area contributed by atoms with Crippen LogP contribution in [-0.2, 0) is 4.79 Å². The predicted octanol–water partition coefficient (Wildman–Crippen LogP) is 3.63. The summed E-state index contributed by atoms with van der Waals surface area (Å²) in [7, 11) is 0. The molecule has 3 aromatic rings. The van der Waals surface area contributed by atoms with Gasteiger partial charge in [0.1, 0.15) is 0 Å². The van der Waals surface area contributed by atoms with Crippen molar-refractivity contribution >= 4 is 62.2 Å². The molecule has 5 nitrogen and oxygen atoms in total. The van der Waals surface area contributed by atoms with E-state index in [1.54, 1.807) is 17.6 Å². The Hall–Kier alpha value is -1.64. The van der Waals surface area contributed by atoms with Crippen LogP contribution in [0.3, 0.4) is 0 Å². The maximum atomic E-state index is 11.7. The molecule has 0 unspecified atom stereocenters. The summed E-state index contributed by atoms with van der Waals surface area (Å²) < 4.78 is 1.03. The SMILES string of the molecule is O=C(CSc1nc2ccccc2[nH]1)NN=Cc1ccc(Br)s1. The fourth-order valence-corrected chi connectivity index (χ4v) is 3.70. The van der Waals surface area contributed by atoms with Crippen LogP contribution in [0.1, 0.15) is 4.88 Å². The average Bonchev–Trinajstić information content (AvgIpc) is 3.11. The summed E-state index contributed by atoms with van der Waals surface area (Å²) in [6.45, 7) is 0. The first-order valence-corrected chi connectivity index (χ1v) is 8.95. The van der Waals surface area contributed by atoms with Crippen LogP contribution >= 0.6 is 39.0 Å². The Balaban J connectivity index is 1.50. The number of halogens is 1. The van der Waals surface area contributed by atoms with Crippen LogP contribution in [-0.4, -0.2) is 27.8 Å². The number of fused-ring (bicyclic) bond motifs is 1. The number of thiophene rings is 1. The van der Waals surface area contributed by atoms with Gasteiger partial charge in [0.15, 0.2) is 5.16 Å². The summed E-state index contributed by atoms with van der Waals surface area (Å²) >= 11 is 6.27. The molecule has 0 bridgehead atoms. The standard InChI is InChI=1S/C14H11BrN4OS2/c15-12-6-5-9(22-12)7-16-19-13(20)8-21-14-17-10-3-1-2-4-11(10)18-14/h1-7H,8H2,(H,17,18)(H,19,20). The normalized spacial score (nSPS) is 11.3. The topological polar surface area (TPSA) is 70.1 Å². The van der Waals surface area contributed by atoms with Crippen LogP contribution in [0, 0.1) is 0 Å². The molecule has 2 N–H and O–H groups in total. The predicted molar refractivity (Wildman–Crippen MR) is 94.6 cm³/mol. The lowest BCUT2D eigenvalue weighted by Crippen LogP contribution is -2.19. The van der Waals surface area contributed by atoms with E-state index >= 15 is 0 Å². The van der Waals surface area contributed by atoms with Crippen molar-refractivity contribution in [1.82, 2.24) is 15.4 Å². The zero-order valence-corrected chi connectivity index (χ0v) is 14.5. The molecule has 0 saturated carbocycles. The zero-order chi connectivity index (χ0) is 15.4. The first kappa shape index (κ1) is 15.3. The van der Waals surface area contributed by atoms with Gasteiger partial charge in [-0.1, -0.05) is 23.9 Å². The molecule has 0 aliphatic rings. The largest absolute Gasteiger partial charge is 0.333 e. The monoisotopic (exact) mass is 394 g/mol. The van der Waals surface area contributed by atoms with Gasteiger partial charge in [0.2, 0.25) is 0 Å². The third kappa shape index (κ3) is 3.96. The number of H-pyrrole nitrogens is 1. The van der Waals surface area contributed by atoms with Crippen LogP contribution < -0.4 is 5.43 Å². The number of imidazole rings is 1. The Bertz CT molecular complexity index is 794. The maximum absolute atomic E-state index is 11.7. The molecule has 0 atom stereocenters. The number of para-hydroxylation sites is 2. The third-order valence-corrected chi connectivity index (χ3v) is 5.11. The Morgan fingerprint density at radius 2 is 2.27 bits per heavy atom. The van der Waals surface area contributed by atoms with Gasteiger partial charge in [-0.15, -0.1) is 11.3 Å². The van der Waals surface area contributed by atoms with E-state index < -0.39 is 0 Å². The lowest BCUT2D eigenvalue weighted by atomic mass is 10.3. The van der Waals surface area contributed by atoms with Gasteiger partial charge in [0, 0.05) is 4.88 Å². The van der Waals surface area contributed by atoms with Crippen molar-refractivity contribution in [2.45, 2.75) is 5.16 Å². The highest BCUT2D eigenvalue weighted by Gasteiger charge is 2.06. The number of benzene rings is 1. The first-order valence-electron chi connectivity index (χ1n) is 6.35. The number of hydrazone groups is 1. The quantitative estimate of drug-likeness (QED) is 0.394. The van der Waals surface area contributed by atoms with Gasteiger partial charge in [0.25, 0.3) is 5.91 Å². The third-order valence-electron chi connectivity index (χ3n) is 2.68. The molecule has 1 aromatic carbocycles. The van der Waals surface area contributed by atoms with Crippen molar-refractivity contribution in [2.75, 3.05) is 5.75 Å². The van der Waals surface area contributed by atoms with Crippen LogP contribution in [0.4, 0.5) is 0 Å². The van der Waals surface area contributed by atoms with Crippen molar-refractivity contribution in [3.05, 3.63) is 45.1 Å². The molecule has 2 aromatic heterocycles. The Morgan fingerprint density at radius 3 is 3.05 bits per heavy atom. The molecule has 22 heavy (non-hydrogen) atoms. The van der Waals surface area contributed by atoms with Crippen LogP contribution in [0.2, 0.25) is 0 Å². The molecular weight excluding hydrogens is 384 g/mol. The number of amides is 1. The van der Waals surface area contributed by atoms with Gasteiger partial charge in [0.05, 0.1) is 26.8 Å². The molecule has 3 rings (SSSR count). The van der Waals surface area contributed by atoms with E-state index in [1.165, 1.54) is 11.8 Å². The summed E-state index contributed by atoms with van der Waals surface area (Å²) in [5, 5.41) is 4.66. The van der Waals surface area contributed by atoms with Crippen molar-refractivity contribution in [2.24, 2.45) is 5.10 Å². The van der Waals surface area contributed by atoms with Crippen LogP contribution in [0.5, 0.6) is 0 Å². The average molecular weight is 395 g/mol. The minimum absolute atomic E-state index is 0.169. The summed E-state index contributed by atoms with van der Waals surface area (Å²) in [4.78, 5) is 20.3. The highest BCUT2D eigenvalue weighted by molar-refractivity contribution is 9.11. The van der Waals surface area contributed by atoms with Gasteiger partial charge >= 0.3 is 0 Å². The van der Waals surface area contributed by atoms with Gasteiger partial charge in [-0.3, -0.25) is 4.79 Å². The number of thioether (sulfide) groups is 1. The second-order valence-corrected chi connectivity index (χ2v) is 7.74. The molecular formula is C14H11BrN4OS2. The lowest BCUT2D eigenvalue weighted by molar-refractivity contribution is -0.118. The number of hydrogen-bond acceptors (Lipinski definition) is 5. The smallest absolute Gasteiger partial charge is 0.250 e. The summed E-state index contributed by atoms with van der Waals surface area (Å²) in [6, 6.07) is 11.6. The molecule has 2 heterocycles. The number of nitrogens with one attached hydrogen (secondary N) is 2. The summed E-state index contributed by atoms with van der Waals surface area (Å²) in [5.41, 5.74) is 4.36. The molecule has 8 heteroatoms. The highest BCUT2D eigenvalue weighted by Crippen LogP contribution is 2.20. The number of nitrogens with zero attached hydrogens (tertiary/aromatic N) is 2. The maximum Gasteiger partial charge on any atom is 0.250 e. The van der Waals surface area contributed by atoms with E-state index in [0.29, 0.717) is 0 Å². The molecule has 0 fully saturated rings. The molecule has 1 amide bonds. The van der Waals surface area contributed by atoms with E-state index in [0.717, 1.165) is 24.9 Å². The Labute approximate surface area is 143 Å². The van der Waals surface area contributed by atoms with E-state index in [2.05, 4.69) is 36.4 Å². The number of carbonyl (C=O) groups excluding carboxylic acids is 1. The van der Waals surface area contributed by atoms with Gasteiger partial charge in [-0.05, 0) is 40.2 Å². The number of hydrogen-bond donors (Lipinski definition) is 2. The Kier molecular flexibility index (Phi) is 4.91. The molecule has 0 aliphatic heterocycles. The van der Waals surface area contributed by atoms with E-state index in [9.17, 15) is 4.79 Å². The number of rotatable bonds is 5. The Morgan fingerprint density at radius 1 is 1.41 bits per heavy atom. The van der Waals surface area contributed by atoms with Crippen molar-refractivity contribution < 1.29 is 4.79 Å². The number of aromatic nitrogens is 2. The molecule has 0 radical (unpaired) electrons. The summed E-state index contributed by atoms with van der Waals surface area (Å²) in [5.74, 6) is 0.0861. The van der Waals surface area contributed by atoms with Crippen molar-refractivity contribution in [3.8, 4) is 0 Å². The minimum Gasteiger partial charge on any atom is -0.333 e. The fourth-order valence-electron chi connectivity index (χ4n) is 1.73. The van der Waals surface area contributed by atoms with Crippen molar-refractivity contribution in [1.29, 1.82) is 0 Å². The van der Waals surface area contributed by atoms with Gasteiger partial charge in [-0.2, -0.15) is 5.10 Å².